The monoisotopic (exact) mass is 390 g/mol. The Hall–Kier alpha value is -0.750. The van der Waals surface area contributed by atoms with Crippen LogP contribution in [-0.4, -0.2) is 5.11 Å². The minimum absolute atomic E-state index is 0.230. The molecule has 0 amide bonds. The van der Waals surface area contributed by atoms with Crippen LogP contribution in [0.25, 0.3) is 0 Å². The smallest absolute Gasteiger partial charge is 0.144 e. The SMILES string of the molecule is Oc1cccc(Oc2cccc(Br)c2)c1I. The second kappa shape index (κ2) is 5.05. The Bertz CT molecular complexity index is 514. The molecule has 0 aliphatic rings. The Labute approximate surface area is 116 Å². The van der Waals surface area contributed by atoms with E-state index in [1.165, 1.54) is 0 Å². The third-order valence-electron chi connectivity index (χ3n) is 1.97. The van der Waals surface area contributed by atoms with Crippen molar-refractivity contribution in [3.63, 3.8) is 0 Å². The van der Waals surface area contributed by atoms with Crippen molar-refractivity contribution >= 4 is 38.5 Å². The summed E-state index contributed by atoms with van der Waals surface area (Å²) in [5, 5.41) is 9.54. The van der Waals surface area contributed by atoms with E-state index in [9.17, 15) is 5.11 Å². The van der Waals surface area contributed by atoms with Crippen LogP contribution >= 0.6 is 38.5 Å². The number of phenols is 1. The highest BCUT2D eigenvalue weighted by Crippen LogP contribution is 2.32. The molecule has 16 heavy (non-hydrogen) atoms. The van der Waals surface area contributed by atoms with E-state index in [4.69, 9.17) is 4.74 Å². The highest BCUT2D eigenvalue weighted by molar-refractivity contribution is 14.1. The van der Waals surface area contributed by atoms with Gasteiger partial charge in [-0.1, -0.05) is 28.1 Å². The van der Waals surface area contributed by atoms with E-state index in [-0.39, 0.29) is 5.75 Å². The van der Waals surface area contributed by atoms with E-state index < -0.39 is 0 Å². The number of phenolic OH excluding ortho intramolecular Hbond substituents is 1. The van der Waals surface area contributed by atoms with Crippen LogP contribution in [0.1, 0.15) is 0 Å². The van der Waals surface area contributed by atoms with Gasteiger partial charge in [0.15, 0.2) is 0 Å². The van der Waals surface area contributed by atoms with Gasteiger partial charge < -0.3 is 9.84 Å². The van der Waals surface area contributed by atoms with Crippen molar-refractivity contribution in [3.05, 3.63) is 50.5 Å². The average Bonchev–Trinajstić information content (AvgIpc) is 2.25. The van der Waals surface area contributed by atoms with Crippen molar-refractivity contribution in [2.24, 2.45) is 0 Å². The average molecular weight is 391 g/mol. The molecule has 0 bridgehead atoms. The van der Waals surface area contributed by atoms with Gasteiger partial charge >= 0.3 is 0 Å². The molecule has 2 nitrogen and oxygen atoms in total. The molecular formula is C12H8BrIO2. The molecule has 0 heterocycles. The lowest BCUT2D eigenvalue weighted by Crippen LogP contribution is -1.87. The molecule has 2 aromatic carbocycles. The molecule has 4 heteroatoms. The second-order valence-electron chi connectivity index (χ2n) is 3.15. The fraction of sp³-hybridized carbons (Fsp3) is 0. The number of hydrogen-bond donors (Lipinski definition) is 1. The van der Waals surface area contributed by atoms with Gasteiger partial charge in [0.1, 0.15) is 17.2 Å². The summed E-state index contributed by atoms with van der Waals surface area (Å²) >= 11 is 5.43. The number of ether oxygens (including phenoxy) is 1. The Morgan fingerprint density at radius 2 is 1.88 bits per heavy atom. The summed E-state index contributed by atoms with van der Waals surface area (Å²) in [5.41, 5.74) is 0. The quantitative estimate of drug-likeness (QED) is 0.762. The fourth-order valence-corrected chi connectivity index (χ4v) is 2.08. The van der Waals surface area contributed by atoms with Crippen molar-refractivity contribution in [2.45, 2.75) is 0 Å². The van der Waals surface area contributed by atoms with Crippen molar-refractivity contribution in [2.75, 3.05) is 0 Å². The molecule has 0 saturated carbocycles. The predicted molar refractivity (Wildman–Crippen MR) is 75.0 cm³/mol. The number of benzene rings is 2. The Balaban J connectivity index is 2.31. The van der Waals surface area contributed by atoms with E-state index in [2.05, 4.69) is 38.5 Å². The number of rotatable bonds is 2. The maximum atomic E-state index is 9.54. The predicted octanol–water partition coefficient (Wildman–Crippen LogP) is 4.55. The van der Waals surface area contributed by atoms with E-state index in [0.29, 0.717) is 9.32 Å². The minimum atomic E-state index is 0.230. The molecule has 0 unspecified atom stereocenters. The highest BCUT2D eigenvalue weighted by Gasteiger charge is 2.06. The lowest BCUT2D eigenvalue weighted by Gasteiger charge is -2.08. The molecule has 0 aliphatic carbocycles. The molecule has 0 radical (unpaired) electrons. The van der Waals surface area contributed by atoms with Gasteiger partial charge in [0.25, 0.3) is 0 Å². The van der Waals surface area contributed by atoms with Gasteiger partial charge in [0.2, 0.25) is 0 Å². The number of aromatic hydroxyl groups is 1. The van der Waals surface area contributed by atoms with Crippen LogP contribution in [0.5, 0.6) is 17.2 Å². The third-order valence-corrected chi connectivity index (χ3v) is 3.54. The van der Waals surface area contributed by atoms with Gasteiger partial charge in [-0.2, -0.15) is 0 Å². The molecule has 0 spiro atoms. The van der Waals surface area contributed by atoms with Gasteiger partial charge in [-0.05, 0) is 52.9 Å². The van der Waals surface area contributed by atoms with E-state index in [1.54, 1.807) is 12.1 Å². The number of hydrogen-bond acceptors (Lipinski definition) is 2. The van der Waals surface area contributed by atoms with Crippen molar-refractivity contribution in [3.8, 4) is 17.2 Å². The van der Waals surface area contributed by atoms with Crippen molar-refractivity contribution < 1.29 is 9.84 Å². The summed E-state index contributed by atoms with van der Waals surface area (Å²) in [6, 6.07) is 12.8. The Kier molecular flexibility index (Phi) is 3.70. The Morgan fingerprint density at radius 3 is 2.62 bits per heavy atom. The molecule has 0 aromatic heterocycles. The largest absolute Gasteiger partial charge is 0.507 e. The van der Waals surface area contributed by atoms with Crippen LogP contribution in [0.3, 0.4) is 0 Å². The first-order valence-electron chi connectivity index (χ1n) is 4.58. The lowest BCUT2D eigenvalue weighted by molar-refractivity contribution is 0.448. The minimum Gasteiger partial charge on any atom is -0.507 e. The highest BCUT2D eigenvalue weighted by atomic mass is 127. The Morgan fingerprint density at radius 1 is 1.12 bits per heavy atom. The first-order valence-corrected chi connectivity index (χ1v) is 6.45. The summed E-state index contributed by atoms with van der Waals surface area (Å²) in [6.45, 7) is 0. The molecule has 0 saturated heterocycles. The maximum Gasteiger partial charge on any atom is 0.144 e. The van der Waals surface area contributed by atoms with Gasteiger partial charge in [0.05, 0.1) is 3.57 Å². The van der Waals surface area contributed by atoms with E-state index >= 15 is 0 Å². The summed E-state index contributed by atoms with van der Waals surface area (Å²) in [6.07, 6.45) is 0. The summed E-state index contributed by atoms with van der Waals surface area (Å²) < 4.78 is 7.34. The summed E-state index contributed by atoms with van der Waals surface area (Å²) in [4.78, 5) is 0. The second-order valence-corrected chi connectivity index (χ2v) is 5.14. The lowest BCUT2D eigenvalue weighted by atomic mass is 10.3. The molecular weight excluding hydrogens is 383 g/mol. The van der Waals surface area contributed by atoms with E-state index in [0.717, 1.165) is 10.2 Å². The van der Waals surface area contributed by atoms with Crippen LogP contribution < -0.4 is 4.74 Å². The standard InChI is InChI=1S/C12H8BrIO2/c13-8-3-1-4-9(7-8)16-11-6-2-5-10(15)12(11)14/h1-7,15H. The van der Waals surface area contributed by atoms with Crippen LogP contribution in [0.2, 0.25) is 0 Å². The van der Waals surface area contributed by atoms with Crippen LogP contribution in [-0.2, 0) is 0 Å². The molecule has 2 aromatic rings. The normalized spacial score (nSPS) is 10.1. The van der Waals surface area contributed by atoms with Crippen molar-refractivity contribution in [1.29, 1.82) is 0 Å². The molecule has 1 N–H and O–H groups in total. The molecule has 2 rings (SSSR count). The van der Waals surface area contributed by atoms with Crippen LogP contribution in [0.15, 0.2) is 46.9 Å². The fourth-order valence-electron chi connectivity index (χ4n) is 1.24. The summed E-state index contributed by atoms with van der Waals surface area (Å²) in [7, 11) is 0. The maximum absolute atomic E-state index is 9.54. The third kappa shape index (κ3) is 2.68. The van der Waals surface area contributed by atoms with Crippen molar-refractivity contribution in [1.82, 2.24) is 0 Å². The molecule has 0 fully saturated rings. The van der Waals surface area contributed by atoms with E-state index in [1.807, 2.05) is 30.3 Å². The van der Waals surface area contributed by atoms with Gasteiger partial charge in [-0.25, -0.2) is 0 Å². The van der Waals surface area contributed by atoms with Crippen LogP contribution in [0.4, 0.5) is 0 Å². The molecule has 82 valence electrons. The van der Waals surface area contributed by atoms with Gasteiger partial charge in [-0.3, -0.25) is 0 Å². The number of halogens is 2. The van der Waals surface area contributed by atoms with Gasteiger partial charge in [-0.15, -0.1) is 0 Å². The zero-order chi connectivity index (χ0) is 11.5. The first-order chi connectivity index (χ1) is 7.66. The molecule has 0 atom stereocenters. The van der Waals surface area contributed by atoms with Crippen LogP contribution in [0, 0.1) is 3.57 Å². The zero-order valence-electron chi connectivity index (χ0n) is 8.15. The van der Waals surface area contributed by atoms with Gasteiger partial charge in [0, 0.05) is 4.47 Å². The summed E-state index contributed by atoms with van der Waals surface area (Å²) in [5.74, 6) is 1.62. The topological polar surface area (TPSA) is 29.5 Å². The molecule has 0 aliphatic heterocycles. The zero-order valence-corrected chi connectivity index (χ0v) is 11.9. The first kappa shape index (κ1) is 11.7.